The van der Waals surface area contributed by atoms with Crippen molar-refractivity contribution in [3.63, 3.8) is 0 Å². The lowest BCUT2D eigenvalue weighted by molar-refractivity contribution is -0.134. The number of thiophene rings is 1. The third kappa shape index (κ3) is 2.63. The summed E-state index contributed by atoms with van der Waals surface area (Å²) in [6, 6.07) is 4.20. The Hall–Kier alpha value is -1.62. The lowest BCUT2D eigenvalue weighted by atomic mass is 9.97. The number of amides is 1. The monoisotopic (exact) mass is 289 g/mol. The molecule has 0 unspecified atom stereocenters. The first-order valence-corrected chi connectivity index (χ1v) is 7.95. The van der Waals surface area contributed by atoms with Crippen LogP contribution < -0.4 is 0 Å². The Bertz CT molecular complexity index is 576. The predicted molar refractivity (Wildman–Crippen MR) is 79.7 cm³/mol. The van der Waals surface area contributed by atoms with E-state index in [2.05, 4.69) is 17.1 Å². The molecule has 1 fully saturated rings. The smallest absolute Gasteiger partial charge is 0.228 e. The van der Waals surface area contributed by atoms with Crippen molar-refractivity contribution in [3.05, 3.63) is 39.8 Å². The fraction of sp³-hybridized carbons (Fsp3) is 0.467. The van der Waals surface area contributed by atoms with Crippen LogP contribution in [0.3, 0.4) is 0 Å². The van der Waals surface area contributed by atoms with Crippen molar-refractivity contribution >= 4 is 17.2 Å². The summed E-state index contributed by atoms with van der Waals surface area (Å²) in [7, 11) is 0. The van der Waals surface area contributed by atoms with Crippen LogP contribution in [0.25, 0.3) is 0 Å². The van der Waals surface area contributed by atoms with Crippen LogP contribution in [0, 0.1) is 6.92 Å². The zero-order chi connectivity index (χ0) is 13.9. The second-order valence-corrected chi connectivity index (χ2v) is 6.35. The van der Waals surface area contributed by atoms with Crippen LogP contribution in [0.4, 0.5) is 0 Å². The first-order valence-electron chi connectivity index (χ1n) is 7.07. The predicted octanol–water partition coefficient (Wildman–Crippen LogP) is 3.08. The second-order valence-electron chi connectivity index (χ2n) is 5.32. The molecule has 0 aromatic carbocycles. The number of nitrogens with one attached hydrogen (secondary N) is 1. The van der Waals surface area contributed by atoms with Crippen molar-refractivity contribution in [2.75, 3.05) is 6.54 Å². The van der Waals surface area contributed by atoms with Crippen molar-refractivity contribution in [1.29, 1.82) is 0 Å². The van der Waals surface area contributed by atoms with Crippen molar-refractivity contribution in [2.45, 2.75) is 38.6 Å². The highest BCUT2D eigenvalue weighted by atomic mass is 32.1. The fourth-order valence-electron chi connectivity index (χ4n) is 2.89. The SMILES string of the molecule is Cc1cn[nH]c1[C@H]1CCCCN1C(=O)Cc1cccs1. The standard InChI is InChI=1S/C15H19N3OS/c1-11-10-16-17-15(11)13-6-2-3-7-18(13)14(19)9-12-5-4-8-20-12/h4-5,8,10,13H,2-3,6-7,9H2,1H3,(H,16,17)/t13-/m1/s1. The summed E-state index contributed by atoms with van der Waals surface area (Å²) in [5.41, 5.74) is 2.25. The van der Waals surface area contributed by atoms with E-state index in [-0.39, 0.29) is 11.9 Å². The van der Waals surface area contributed by atoms with Gasteiger partial charge in [0.25, 0.3) is 0 Å². The van der Waals surface area contributed by atoms with Gasteiger partial charge in [0.2, 0.25) is 5.91 Å². The molecular formula is C15H19N3OS. The van der Waals surface area contributed by atoms with Crippen molar-refractivity contribution in [2.24, 2.45) is 0 Å². The van der Waals surface area contributed by atoms with E-state index < -0.39 is 0 Å². The molecule has 4 nitrogen and oxygen atoms in total. The van der Waals surface area contributed by atoms with Gasteiger partial charge in [-0.1, -0.05) is 6.07 Å². The number of likely N-dealkylation sites (tertiary alicyclic amines) is 1. The van der Waals surface area contributed by atoms with Crippen LogP contribution in [0.15, 0.2) is 23.7 Å². The Morgan fingerprint density at radius 1 is 1.55 bits per heavy atom. The highest BCUT2D eigenvalue weighted by Crippen LogP contribution is 2.32. The number of hydrogen-bond acceptors (Lipinski definition) is 3. The Balaban J connectivity index is 1.78. The molecule has 20 heavy (non-hydrogen) atoms. The van der Waals surface area contributed by atoms with Gasteiger partial charge in [0, 0.05) is 11.4 Å². The number of hydrogen-bond donors (Lipinski definition) is 1. The molecule has 5 heteroatoms. The minimum Gasteiger partial charge on any atom is -0.334 e. The molecule has 0 spiro atoms. The minimum absolute atomic E-state index is 0.165. The summed E-state index contributed by atoms with van der Waals surface area (Å²) in [6.45, 7) is 2.91. The third-order valence-electron chi connectivity index (χ3n) is 3.93. The van der Waals surface area contributed by atoms with E-state index in [1.807, 2.05) is 28.6 Å². The zero-order valence-corrected chi connectivity index (χ0v) is 12.4. The van der Waals surface area contributed by atoms with E-state index in [0.29, 0.717) is 6.42 Å². The van der Waals surface area contributed by atoms with Crippen LogP contribution in [-0.4, -0.2) is 27.5 Å². The number of nitrogens with zero attached hydrogens (tertiary/aromatic N) is 2. The fourth-order valence-corrected chi connectivity index (χ4v) is 3.58. The summed E-state index contributed by atoms with van der Waals surface area (Å²) in [4.78, 5) is 15.8. The van der Waals surface area contributed by atoms with Gasteiger partial charge >= 0.3 is 0 Å². The first-order chi connectivity index (χ1) is 9.75. The lowest BCUT2D eigenvalue weighted by Gasteiger charge is -2.35. The molecule has 2 aromatic rings. The van der Waals surface area contributed by atoms with Gasteiger partial charge in [0.1, 0.15) is 0 Å². The summed E-state index contributed by atoms with van der Waals surface area (Å²) < 4.78 is 0. The van der Waals surface area contributed by atoms with Gasteiger partial charge in [-0.3, -0.25) is 9.89 Å². The van der Waals surface area contributed by atoms with Crippen LogP contribution in [0.1, 0.15) is 41.4 Å². The Morgan fingerprint density at radius 2 is 2.45 bits per heavy atom. The summed E-state index contributed by atoms with van der Waals surface area (Å²) >= 11 is 1.65. The van der Waals surface area contributed by atoms with Gasteiger partial charge in [-0.15, -0.1) is 11.3 Å². The van der Waals surface area contributed by atoms with Crippen LogP contribution >= 0.6 is 11.3 Å². The Morgan fingerprint density at radius 3 is 3.15 bits per heavy atom. The van der Waals surface area contributed by atoms with E-state index in [4.69, 9.17) is 0 Å². The third-order valence-corrected chi connectivity index (χ3v) is 4.81. The number of aryl methyl sites for hydroxylation is 1. The number of piperidine rings is 1. The summed E-state index contributed by atoms with van der Waals surface area (Å²) in [5, 5.41) is 9.21. The number of H-pyrrole nitrogens is 1. The van der Waals surface area contributed by atoms with Gasteiger partial charge in [-0.25, -0.2) is 0 Å². The van der Waals surface area contributed by atoms with Gasteiger partial charge in [0.05, 0.1) is 24.4 Å². The maximum Gasteiger partial charge on any atom is 0.228 e. The van der Waals surface area contributed by atoms with E-state index in [1.54, 1.807) is 11.3 Å². The highest BCUT2D eigenvalue weighted by Gasteiger charge is 2.29. The second kappa shape index (κ2) is 5.79. The Labute approximate surface area is 122 Å². The van der Waals surface area contributed by atoms with Crippen LogP contribution in [0.5, 0.6) is 0 Å². The molecule has 3 rings (SSSR count). The molecule has 2 aromatic heterocycles. The number of aromatic nitrogens is 2. The zero-order valence-electron chi connectivity index (χ0n) is 11.6. The topological polar surface area (TPSA) is 49.0 Å². The minimum atomic E-state index is 0.165. The quantitative estimate of drug-likeness (QED) is 0.944. The number of rotatable bonds is 3. The largest absolute Gasteiger partial charge is 0.334 e. The number of carbonyl (C=O) groups excluding carboxylic acids is 1. The molecule has 1 aliphatic rings. The van der Waals surface area contributed by atoms with Gasteiger partial charge in [-0.2, -0.15) is 5.10 Å². The molecule has 1 saturated heterocycles. The molecular weight excluding hydrogens is 270 g/mol. The molecule has 3 heterocycles. The van der Waals surface area contributed by atoms with Crippen LogP contribution in [0.2, 0.25) is 0 Å². The maximum atomic E-state index is 12.6. The normalized spacial score (nSPS) is 19.2. The summed E-state index contributed by atoms with van der Waals surface area (Å²) in [5.74, 6) is 0.228. The molecule has 1 atom stereocenters. The first kappa shape index (κ1) is 13.4. The van der Waals surface area contributed by atoms with Gasteiger partial charge in [0.15, 0.2) is 0 Å². The molecule has 106 valence electrons. The highest BCUT2D eigenvalue weighted by molar-refractivity contribution is 7.10. The molecule has 0 aliphatic carbocycles. The van der Waals surface area contributed by atoms with E-state index in [1.165, 1.54) is 6.42 Å². The van der Waals surface area contributed by atoms with Crippen molar-refractivity contribution < 1.29 is 4.79 Å². The molecule has 1 N–H and O–H groups in total. The van der Waals surface area contributed by atoms with Gasteiger partial charge in [-0.05, 0) is 43.2 Å². The number of aromatic amines is 1. The van der Waals surface area contributed by atoms with E-state index in [0.717, 1.165) is 35.5 Å². The van der Waals surface area contributed by atoms with Gasteiger partial charge < -0.3 is 4.90 Å². The summed E-state index contributed by atoms with van der Waals surface area (Å²) in [6.07, 6.45) is 5.65. The number of carbonyl (C=O) groups is 1. The molecule has 1 aliphatic heterocycles. The Kier molecular flexibility index (Phi) is 3.87. The van der Waals surface area contributed by atoms with E-state index >= 15 is 0 Å². The molecule has 0 bridgehead atoms. The lowest BCUT2D eigenvalue weighted by Crippen LogP contribution is -2.39. The van der Waals surface area contributed by atoms with Crippen molar-refractivity contribution in [3.8, 4) is 0 Å². The molecule has 1 amide bonds. The average molecular weight is 289 g/mol. The van der Waals surface area contributed by atoms with E-state index in [9.17, 15) is 4.79 Å². The maximum absolute atomic E-state index is 12.6. The molecule has 0 radical (unpaired) electrons. The van der Waals surface area contributed by atoms with Crippen LogP contribution in [-0.2, 0) is 11.2 Å². The average Bonchev–Trinajstić information content (AvgIpc) is 3.10. The molecule has 0 saturated carbocycles. The van der Waals surface area contributed by atoms with Crippen molar-refractivity contribution in [1.82, 2.24) is 15.1 Å².